The fourth-order valence-corrected chi connectivity index (χ4v) is 4.69. The van der Waals surface area contributed by atoms with Crippen molar-refractivity contribution in [1.82, 2.24) is 4.31 Å². The Kier molecular flexibility index (Phi) is 6.87. The highest BCUT2D eigenvalue weighted by Crippen LogP contribution is 2.25. The summed E-state index contributed by atoms with van der Waals surface area (Å²) in [5.41, 5.74) is 1.79. The number of ether oxygens (including phenoxy) is 1. The van der Waals surface area contributed by atoms with Crippen LogP contribution in [0.1, 0.15) is 5.56 Å². The SMILES string of the molecule is Cc1ccc(NC(=O)C[NH+]2CCN(S(=O)(=O)c3ccc(OC(F)(F)F)cc3)CC2)cc1. The number of quaternary nitrogens is 1. The third kappa shape index (κ3) is 6.42. The van der Waals surface area contributed by atoms with Gasteiger partial charge in [0.05, 0.1) is 31.1 Å². The standard InChI is InChI=1S/C20H22F3N3O4S/c1-15-2-4-16(5-3-15)24-19(27)14-25-10-12-26(13-11-25)31(28,29)18-8-6-17(7-9-18)30-20(21,22)23/h2-9H,10-14H2,1H3,(H,24,27)/p+1. The Labute approximate surface area is 178 Å². The lowest BCUT2D eigenvalue weighted by molar-refractivity contribution is -0.895. The second-order valence-electron chi connectivity index (χ2n) is 7.26. The number of carbonyl (C=O) groups is 1. The van der Waals surface area contributed by atoms with E-state index in [9.17, 15) is 26.4 Å². The van der Waals surface area contributed by atoms with E-state index in [2.05, 4.69) is 10.1 Å². The molecule has 0 aliphatic carbocycles. The number of carbonyl (C=O) groups excluding carboxylic acids is 1. The molecule has 0 radical (unpaired) electrons. The van der Waals surface area contributed by atoms with Crippen LogP contribution in [-0.2, 0) is 14.8 Å². The molecular weight excluding hydrogens is 435 g/mol. The Morgan fingerprint density at radius 1 is 1.06 bits per heavy atom. The van der Waals surface area contributed by atoms with Crippen molar-refractivity contribution < 1.29 is 36.0 Å². The summed E-state index contributed by atoms with van der Waals surface area (Å²) < 4.78 is 67.3. The first-order chi connectivity index (χ1) is 14.5. The van der Waals surface area contributed by atoms with Gasteiger partial charge in [-0.1, -0.05) is 17.7 Å². The molecule has 1 amide bonds. The Balaban J connectivity index is 1.53. The smallest absolute Gasteiger partial charge is 0.406 e. The fraction of sp³-hybridized carbons (Fsp3) is 0.350. The minimum absolute atomic E-state index is 0.109. The fourth-order valence-electron chi connectivity index (χ4n) is 3.25. The molecule has 168 valence electrons. The van der Waals surface area contributed by atoms with Crippen LogP contribution in [0.5, 0.6) is 5.75 Å². The lowest BCUT2D eigenvalue weighted by Gasteiger charge is -2.31. The highest BCUT2D eigenvalue weighted by Gasteiger charge is 2.33. The Morgan fingerprint density at radius 3 is 2.19 bits per heavy atom. The molecule has 31 heavy (non-hydrogen) atoms. The topological polar surface area (TPSA) is 80.2 Å². The third-order valence-electron chi connectivity index (χ3n) is 4.87. The minimum atomic E-state index is -4.84. The van der Waals surface area contributed by atoms with Crippen LogP contribution in [0.15, 0.2) is 53.4 Å². The maximum Gasteiger partial charge on any atom is 0.573 e. The molecule has 0 aromatic heterocycles. The summed E-state index contributed by atoms with van der Waals surface area (Å²) in [4.78, 5) is 13.1. The summed E-state index contributed by atoms with van der Waals surface area (Å²) in [5, 5.41) is 2.82. The van der Waals surface area contributed by atoms with Crippen LogP contribution in [0, 0.1) is 6.92 Å². The lowest BCUT2D eigenvalue weighted by atomic mass is 10.2. The van der Waals surface area contributed by atoms with Crippen molar-refractivity contribution in [3.8, 4) is 5.75 Å². The molecule has 1 heterocycles. The summed E-state index contributed by atoms with van der Waals surface area (Å²) >= 11 is 0. The molecule has 1 aliphatic heterocycles. The zero-order valence-corrected chi connectivity index (χ0v) is 17.6. The van der Waals surface area contributed by atoms with Crippen LogP contribution >= 0.6 is 0 Å². The molecule has 1 fully saturated rings. The van der Waals surface area contributed by atoms with Gasteiger partial charge in [-0.3, -0.25) is 4.79 Å². The van der Waals surface area contributed by atoms with Crippen LogP contribution in [-0.4, -0.2) is 57.7 Å². The number of piperazine rings is 1. The average molecular weight is 458 g/mol. The Bertz CT molecular complexity index is 1000. The summed E-state index contributed by atoms with van der Waals surface area (Å²) in [7, 11) is -3.84. The third-order valence-corrected chi connectivity index (χ3v) is 6.78. The summed E-state index contributed by atoms with van der Waals surface area (Å²) in [6.07, 6.45) is -4.84. The largest absolute Gasteiger partial charge is 0.573 e. The molecule has 0 unspecified atom stereocenters. The van der Waals surface area contributed by atoms with Gasteiger partial charge < -0.3 is 15.0 Å². The molecule has 2 N–H and O–H groups in total. The molecule has 0 spiro atoms. The summed E-state index contributed by atoms with van der Waals surface area (Å²) in [6, 6.07) is 11.5. The van der Waals surface area contributed by atoms with Crippen molar-refractivity contribution in [3.05, 3.63) is 54.1 Å². The predicted molar refractivity (Wildman–Crippen MR) is 107 cm³/mol. The van der Waals surface area contributed by atoms with Crippen molar-refractivity contribution in [2.45, 2.75) is 18.2 Å². The molecule has 1 aliphatic rings. The number of hydrogen-bond acceptors (Lipinski definition) is 4. The monoisotopic (exact) mass is 458 g/mol. The van der Waals surface area contributed by atoms with E-state index >= 15 is 0 Å². The van der Waals surface area contributed by atoms with Gasteiger partial charge in [0.2, 0.25) is 10.0 Å². The van der Waals surface area contributed by atoms with Gasteiger partial charge in [-0.2, -0.15) is 4.31 Å². The summed E-state index contributed by atoms with van der Waals surface area (Å²) in [6.45, 7) is 3.46. The second-order valence-corrected chi connectivity index (χ2v) is 9.20. The van der Waals surface area contributed by atoms with Crippen LogP contribution in [0.4, 0.5) is 18.9 Å². The van der Waals surface area contributed by atoms with E-state index < -0.39 is 22.1 Å². The predicted octanol–water partition coefficient (Wildman–Crippen LogP) is 1.42. The van der Waals surface area contributed by atoms with Gasteiger partial charge in [-0.15, -0.1) is 13.2 Å². The maximum absolute atomic E-state index is 12.8. The van der Waals surface area contributed by atoms with E-state index in [1.165, 1.54) is 4.31 Å². The number of sulfonamides is 1. The van der Waals surface area contributed by atoms with Crippen LogP contribution < -0.4 is 15.0 Å². The Hall–Kier alpha value is -2.63. The molecule has 7 nitrogen and oxygen atoms in total. The number of nitrogens with zero attached hydrogens (tertiary/aromatic N) is 1. The first kappa shape index (κ1) is 23.0. The van der Waals surface area contributed by atoms with E-state index in [-0.39, 0.29) is 30.4 Å². The molecule has 3 rings (SSSR count). The van der Waals surface area contributed by atoms with Crippen molar-refractivity contribution in [2.75, 3.05) is 38.0 Å². The number of halogens is 3. The number of aryl methyl sites for hydroxylation is 1. The van der Waals surface area contributed by atoms with Crippen LogP contribution in [0.3, 0.4) is 0 Å². The molecule has 0 bridgehead atoms. The molecule has 11 heteroatoms. The minimum Gasteiger partial charge on any atom is -0.406 e. The quantitative estimate of drug-likeness (QED) is 0.687. The number of anilines is 1. The van der Waals surface area contributed by atoms with E-state index in [1.807, 2.05) is 31.2 Å². The first-order valence-corrected chi connectivity index (χ1v) is 11.0. The molecule has 2 aromatic carbocycles. The Morgan fingerprint density at radius 2 is 1.65 bits per heavy atom. The zero-order valence-electron chi connectivity index (χ0n) is 16.8. The number of alkyl halides is 3. The van der Waals surface area contributed by atoms with Crippen molar-refractivity contribution in [1.29, 1.82) is 0 Å². The van der Waals surface area contributed by atoms with Gasteiger partial charge in [-0.25, -0.2) is 8.42 Å². The van der Waals surface area contributed by atoms with E-state index in [0.717, 1.165) is 34.7 Å². The highest BCUT2D eigenvalue weighted by molar-refractivity contribution is 7.89. The number of benzene rings is 2. The number of rotatable bonds is 6. The van der Waals surface area contributed by atoms with Crippen molar-refractivity contribution in [3.63, 3.8) is 0 Å². The summed E-state index contributed by atoms with van der Waals surface area (Å²) in [5.74, 6) is -0.643. The highest BCUT2D eigenvalue weighted by atomic mass is 32.2. The van der Waals surface area contributed by atoms with Crippen LogP contribution in [0.25, 0.3) is 0 Å². The van der Waals surface area contributed by atoms with Gasteiger partial charge in [0, 0.05) is 5.69 Å². The van der Waals surface area contributed by atoms with Gasteiger partial charge in [0.1, 0.15) is 5.75 Å². The van der Waals surface area contributed by atoms with Crippen molar-refractivity contribution in [2.24, 2.45) is 0 Å². The molecule has 2 aromatic rings. The molecule has 0 atom stereocenters. The van der Waals surface area contributed by atoms with Crippen LogP contribution in [0.2, 0.25) is 0 Å². The van der Waals surface area contributed by atoms with Gasteiger partial charge in [0.25, 0.3) is 5.91 Å². The zero-order chi connectivity index (χ0) is 22.6. The average Bonchev–Trinajstić information content (AvgIpc) is 2.69. The molecule has 1 saturated heterocycles. The second kappa shape index (κ2) is 9.25. The normalized spacial score (nSPS) is 16.1. The van der Waals surface area contributed by atoms with E-state index in [1.54, 1.807) is 0 Å². The number of nitrogens with one attached hydrogen (secondary N) is 2. The maximum atomic E-state index is 12.8. The lowest BCUT2D eigenvalue weighted by Crippen LogP contribution is -3.15. The molecular formula is C20H23F3N3O4S+. The van der Waals surface area contributed by atoms with E-state index in [4.69, 9.17) is 0 Å². The first-order valence-electron chi connectivity index (χ1n) is 9.59. The van der Waals surface area contributed by atoms with E-state index in [0.29, 0.717) is 18.8 Å². The number of amides is 1. The molecule has 0 saturated carbocycles. The number of hydrogen-bond donors (Lipinski definition) is 2. The van der Waals surface area contributed by atoms with Gasteiger partial charge in [0.15, 0.2) is 6.54 Å². The van der Waals surface area contributed by atoms with Crippen molar-refractivity contribution >= 4 is 21.6 Å². The van der Waals surface area contributed by atoms with Gasteiger partial charge in [-0.05, 0) is 43.3 Å². The van der Waals surface area contributed by atoms with Gasteiger partial charge >= 0.3 is 6.36 Å².